The van der Waals surface area contributed by atoms with Crippen LogP contribution in [0.2, 0.25) is 0 Å². The third-order valence-electron chi connectivity index (χ3n) is 3.97. The normalized spacial score (nSPS) is 11.2. The third kappa shape index (κ3) is 3.94. The molecule has 1 N–H and O–H groups in total. The number of nitrogens with one attached hydrogen (secondary N) is 1. The Morgan fingerprint density at radius 3 is 2.29 bits per heavy atom. The first-order valence-corrected chi connectivity index (χ1v) is 9.52. The molecule has 0 spiro atoms. The standard InChI is InChI=1S/C18H22N2O3S/c1-5-14-8-6-7-13(2)17(14)19-18(21)15-9-11-16(12-10-15)20(3)24(4,22)23/h6-12H,5H2,1-4H3,(H,19,21). The monoisotopic (exact) mass is 346 g/mol. The highest BCUT2D eigenvalue weighted by Gasteiger charge is 2.14. The second-order valence-electron chi connectivity index (χ2n) is 5.69. The van der Waals surface area contributed by atoms with Crippen LogP contribution in [0.1, 0.15) is 28.4 Å². The molecule has 1 amide bonds. The summed E-state index contributed by atoms with van der Waals surface area (Å²) in [5.74, 6) is -0.215. The van der Waals surface area contributed by atoms with Gasteiger partial charge < -0.3 is 5.32 Å². The number of para-hydroxylation sites is 1. The predicted octanol–water partition coefficient (Wildman–Crippen LogP) is 3.21. The summed E-state index contributed by atoms with van der Waals surface area (Å²) in [6.07, 6.45) is 1.97. The summed E-state index contributed by atoms with van der Waals surface area (Å²) in [5, 5.41) is 2.95. The molecule has 0 atom stereocenters. The third-order valence-corrected chi connectivity index (χ3v) is 5.17. The molecule has 0 aliphatic carbocycles. The van der Waals surface area contributed by atoms with Crippen molar-refractivity contribution in [3.05, 3.63) is 59.2 Å². The Morgan fingerprint density at radius 2 is 1.75 bits per heavy atom. The van der Waals surface area contributed by atoms with Crippen LogP contribution < -0.4 is 9.62 Å². The highest BCUT2D eigenvalue weighted by molar-refractivity contribution is 7.92. The van der Waals surface area contributed by atoms with E-state index in [9.17, 15) is 13.2 Å². The van der Waals surface area contributed by atoms with Crippen molar-refractivity contribution in [1.82, 2.24) is 0 Å². The van der Waals surface area contributed by atoms with Crippen LogP contribution in [-0.2, 0) is 16.4 Å². The summed E-state index contributed by atoms with van der Waals surface area (Å²) in [5.41, 5.74) is 3.92. The van der Waals surface area contributed by atoms with Gasteiger partial charge in [0.05, 0.1) is 11.9 Å². The summed E-state index contributed by atoms with van der Waals surface area (Å²) in [4.78, 5) is 12.5. The molecule has 0 aliphatic heterocycles. The van der Waals surface area contributed by atoms with Crippen LogP contribution in [0.25, 0.3) is 0 Å². The molecular formula is C18H22N2O3S. The lowest BCUT2D eigenvalue weighted by atomic mass is 10.1. The van der Waals surface area contributed by atoms with Gasteiger partial charge in [-0.15, -0.1) is 0 Å². The maximum atomic E-state index is 12.5. The molecule has 0 aliphatic rings. The van der Waals surface area contributed by atoms with E-state index in [1.807, 2.05) is 32.0 Å². The second kappa shape index (κ2) is 7.05. The quantitative estimate of drug-likeness (QED) is 0.904. The number of sulfonamides is 1. The van der Waals surface area contributed by atoms with Crippen LogP contribution >= 0.6 is 0 Å². The van der Waals surface area contributed by atoms with Crippen molar-refractivity contribution in [2.45, 2.75) is 20.3 Å². The Kier molecular flexibility index (Phi) is 5.29. The van der Waals surface area contributed by atoms with Gasteiger partial charge in [0, 0.05) is 18.3 Å². The molecular weight excluding hydrogens is 324 g/mol. The number of carbonyl (C=O) groups excluding carboxylic acids is 1. The Bertz CT molecular complexity index is 843. The van der Waals surface area contributed by atoms with Crippen molar-refractivity contribution in [2.75, 3.05) is 22.9 Å². The van der Waals surface area contributed by atoms with Crippen LogP contribution in [0.15, 0.2) is 42.5 Å². The van der Waals surface area contributed by atoms with E-state index in [0.717, 1.165) is 29.5 Å². The van der Waals surface area contributed by atoms with Gasteiger partial charge in [0.15, 0.2) is 0 Å². The number of hydrogen-bond acceptors (Lipinski definition) is 3. The Morgan fingerprint density at radius 1 is 1.12 bits per heavy atom. The average molecular weight is 346 g/mol. The van der Waals surface area contributed by atoms with Gasteiger partial charge in [0.2, 0.25) is 10.0 Å². The number of amides is 1. The predicted molar refractivity (Wildman–Crippen MR) is 98.2 cm³/mol. The number of benzene rings is 2. The zero-order valence-corrected chi connectivity index (χ0v) is 15.1. The Balaban J connectivity index is 2.23. The van der Waals surface area contributed by atoms with Gasteiger partial charge in [-0.25, -0.2) is 8.42 Å². The first kappa shape index (κ1) is 18.0. The molecule has 2 aromatic carbocycles. The Labute approximate surface area is 143 Å². The zero-order chi connectivity index (χ0) is 17.9. The van der Waals surface area contributed by atoms with Crippen molar-refractivity contribution < 1.29 is 13.2 Å². The molecule has 2 aromatic rings. The number of hydrogen-bond donors (Lipinski definition) is 1. The van der Waals surface area contributed by atoms with E-state index in [1.165, 1.54) is 11.4 Å². The van der Waals surface area contributed by atoms with Crippen molar-refractivity contribution >= 4 is 27.3 Å². The SMILES string of the molecule is CCc1cccc(C)c1NC(=O)c1ccc(N(C)S(C)(=O)=O)cc1. The summed E-state index contributed by atoms with van der Waals surface area (Å²) in [6.45, 7) is 4.00. The van der Waals surface area contributed by atoms with Crippen LogP contribution in [-0.4, -0.2) is 27.6 Å². The summed E-state index contributed by atoms with van der Waals surface area (Å²) >= 11 is 0. The lowest BCUT2D eigenvalue weighted by molar-refractivity contribution is 0.102. The van der Waals surface area contributed by atoms with Gasteiger partial charge in [-0.2, -0.15) is 0 Å². The lowest BCUT2D eigenvalue weighted by Gasteiger charge is -2.17. The van der Waals surface area contributed by atoms with Gasteiger partial charge in [-0.1, -0.05) is 25.1 Å². The Hall–Kier alpha value is -2.34. The molecule has 0 aromatic heterocycles. The van der Waals surface area contributed by atoms with Crippen molar-refractivity contribution in [3.8, 4) is 0 Å². The van der Waals surface area contributed by atoms with Crippen LogP contribution in [0.3, 0.4) is 0 Å². The molecule has 0 unspecified atom stereocenters. The number of anilines is 2. The lowest BCUT2D eigenvalue weighted by Crippen LogP contribution is -2.24. The number of aryl methyl sites for hydroxylation is 2. The number of nitrogens with zero attached hydrogens (tertiary/aromatic N) is 1. The molecule has 0 saturated carbocycles. The molecule has 0 bridgehead atoms. The fourth-order valence-electron chi connectivity index (χ4n) is 2.40. The van der Waals surface area contributed by atoms with E-state index in [0.29, 0.717) is 11.3 Å². The largest absolute Gasteiger partial charge is 0.321 e. The summed E-state index contributed by atoms with van der Waals surface area (Å²) in [6, 6.07) is 12.4. The smallest absolute Gasteiger partial charge is 0.255 e. The average Bonchev–Trinajstić information content (AvgIpc) is 2.55. The van der Waals surface area contributed by atoms with Gasteiger partial charge in [-0.3, -0.25) is 9.10 Å². The van der Waals surface area contributed by atoms with Crippen LogP contribution in [0, 0.1) is 6.92 Å². The van der Waals surface area contributed by atoms with Gasteiger partial charge in [0.25, 0.3) is 5.91 Å². The minimum atomic E-state index is -3.32. The second-order valence-corrected chi connectivity index (χ2v) is 7.71. The van der Waals surface area contributed by atoms with E-state index < -0.39 is 10.0 Å². The molecule has 5 nitrogen and oxygen atoms in total. The van der Waals surface area contributed by atoms with Crippen molar-refractivity contribution in [3.63, 3.8) is 0 Å². The fourth-order valence-corrected chi connectivity index (χ4v) is 2.91. The van der Waals surface area contributed by atoms with E-state index in [2.05, 4.69) is 5.32 Å². The molecule has 6 heteroatoms. The first-order chi connectivity index (χ1) is 11.2. The molecule has 128 valence electrons. The van der Waals surface area contributed by atoms with Crippen LogP contribution in [0.5, 0.6) is 0 Å². The molecule has 0 fully saturated rings. The van der Waals surface area contributed by atoms with Crippen molar-refractivity contribution in [1.29, 1.82) is 0 Å². The summed E-state index contributed by atoms with van der Waals surface area (Å²) < 4.78 is 24.3. The van der Waals surface area contributed by atoms with E-state index in [-0.39, 0.29) is 5.91 Å². The summed E-state index contributed by atoms with van der Waals surface area (Å²) in [7, 11) is -1.84. The number of rotatable bonds is 5. The van der Waals surface area contributed by atoms with Gasteiger partial charge >= 0.3 is 0 Å². The number of carbonyl (C=O) groups is 1. The molecule has 0 heterocycles. The van der Waals surface area contributed by atoms with E-state index >= 15 is 0 Å². The highest BCUT2D eigenvalue weighted by atomic mass is 32.2. The minimum Gasteiger partial charge on any atom is -0.321 e. The first-order valence-electron chi connectivity index (χ1n) is 7.68. The van der Waals surface area contributed by atoms with Crippen LogP contribution in [0.4, 0.5) is 11.4 Å². The maximum Gasteiger partial charge on any atom is 0.255 e. The fraction of sp³-hybridized carbons (Fsp3) is 0.278. The molecule has 0 radical (unpaired) electrons. The maximum absolute atomic E-state index is 12.5. The topological polar surface area (TPSA) is 66.5 Å². The zero-order valence-electron chi connectivity index (χ0n) is 14.3. The van der Waals surface area contributed by atoms with E-state index in [1.54, 1.807) is 24.3 Å². The highest BCUT2D eigenvalue weighted by Crippen LogP contribution is 2.22. The van der Waals surface area contributed by atoms with Gasteiger partial charge in [0.1, 0.15) is 0 Å². The van der Waals surface area contributed by atoms with E-state index in [4.69, 9.17) is 0 Å². The minimum absolute atomic E-state index is 0.215. The van der Waals surface area contributed by atoms with Crippen molar-refractivity contribution in [2.24, 2.45) is 0 Å². The van der Waals surface area contributed by atoms with Gasteiger partial charge in [-0.05, 0) is 48.7 Å². The molecule has 0 saturated heterocycles. The molecule has 2 rings (SSSR count). The molecule has 24 heavy (non-hydrogen) atoms.